The Morgan fingerprint density at radius 2 is 1.73 bits per heavy atom. The average molecular weight is 413 g/mol. The molecule has 0 unspecified atom stereocenters. The van der Waals surface area contributed by atoms with E-state index in [0.29, 0.717) is 22.7 Å². The fourth-order valence-electron chi connectivity index (χ4n) is 2.30. The highest BCUT2D eigenvalue weighted by molar-refractivity contribution is 9.10. The molecule has 6 heteroatoms. The first-order valence-corrected chi connectivity index (χ1v) is 8.73. The number of para-hydroxylation sites is 2. The second-order valence-corrected chi connectivity index (χ2v) is 6.36. The van der Waals surface area contributed by atoms with Gasteiger partial charge in [-0.15, -0.1) is 0 Å². The van der Waals surface area contributed by atoms with Crippen LogP contribution >= 0.6 is 15.9 Å². The third-order valence-electron chi connectivity index (χ3n) is 3.60. The van der Waals surface area contributed by atoms with Crippen LogP contribution in [-0.2, 0) is 6.61 Å². The van der Waals surface area contributed by atoms with Crippen molar-refractivity contribution in [3.05, 3.63) is 82.8 Å². The van der Waals surface area contributed by atoms with Gasteiger partial charge in [0.15, 0.2) is 0 Å². The molecule has 132 valence electrons. The fourth-order valence-corrected chi connectivity index (χ4v) is 2.69. The Bertz CT molecular complexity index is 915. The van der Waals surface area contributed by atoms with Crippen LogP contribution in [0.4, 0.5) is 16.2 Å². The fraction of sp³-hybridized carbons (Fsp3) is 0.0500. The largest absolute Gasteiger partial charge is 0.508 e. The molecule has 3 N–H and O–H groups in total. The number of halogens is 1. The number of benzene rings is 3. The second-order valence-electron chi connectivity index (χ2n) is 5.50. The van der Waals surface area contributed by atoms with Crippen molar-refractivity contribution in [1.82, 2.24) is 0 Å². The minimum atomic E-state index is -0.352. The summed E-state index contributed by atoms with van der Waals surface area (Å²) in [6, 6.07) is 21.1. The molecule has 0 saturated carbocycles. The van der Waals surface area contributed by atoms with Gasteiger partial charge in [-0.1, -0.05) is 36.4 Å². The van der Waals surface area contributed by atoms with E-state index < -0.39 is 0 Å². The van der Waals surface area contributed by atoms with Crippen LogP contribution in [0.3, 0.4) is 0 Å². The molecule has 0 aliphatic carbocycles. The summed E-state index contributed by atoms with van der Waals surface area (Å²) in [5.41, 5.74) is 1.97. The standard InChI is InChI=1S/C20H17BrN2O3/c21-17-9-2-3-10-18(17)23-20(25)22-15-7-5-8-16(12-15)26-13-14-6-1-4-11-19(14)24/h1-12,24H,13H2,(H2,22,23,25). The van der Waals surface area contributed by atoms with E-state index in [2.05, 4.69) is 26.6 Å². The Balaban J connectivity index is 1.61. The number of carbonyl (C=O) groups is 1. The maximum atomic E-state index is 12.2. The third kappa shape index (κ3) is 4.77. The lowest BCUT2D eigenvalue weighted by Gasteiger charge is -2.11. The van der Waals surface area contributed by atoms with Gasteiger partial charge >= 0.3 is 6.03 Å². The van der Waals surface area contributed by atoms with Gasteiger partial charge in [0.25, 0.3) is 0 Å². The van der Waals surface area contributed by atoms with Crippen molar-refractivity contribution in [2.24, 2.45) is 0 Å². The van der Waals surface area contributed by atoms with Crippen LogP contribution in [0, 0.1) is 0 Å². The molecule has 0 saturated heterocycles. The molecule has 0 aliphatic heterocycles. The van der Waals surface area contributed by atoms with Gasteiger partial charge in [-0.3, -0.25) is 0 Å². The quantitative estimate of drug-likeness (QED) is 0.526. The first-order valence-electron chi connectivity index (χ1n) is 7.94. The monoisotopic (exact) mass is 412 g/mol. The lowest BCUT2D eigenvalue weighted by atomic mass is 10.2. The smallest absolute Gasteiger partial charge is 0.323 e. The van der Waals surface area contributed by atoms with Crippen molar-refractivity contribution >= 4 is 33.3 Å². The van der Waals surface area contributed by atoms with Crippen molar-refractivity contribution in [1.29, 1.82) is 0 Å². The number of amides is 2. The first kappa shape index (κ1) is 17.8. The summed E-state index contributed by atoms with van der Waals surface area (Å²) in [5.74, 6) is 0.779. The predicted molar refractivity (Wildman–Crippen MR) is 106 cm³/mol. The number of phenols is 1. The molecule has 0 aliphatic rings. The van der Waals surface area contributed by atoms with Gasteiger partial charge in [0.05, 0.1) is 5.69 Å². The van der Waals surface area contributed by atoms with Crippen molar-refractivity contribution in [2.45, 2.75) is 6.61 Å². The van der Waals surface area contributed by atoms with E-state index in [0.717, 1.165) is 4.47 Å². The van der Waals surface area contributed by atoms with E-state index in [1.54, 1.807) is 48.5 Å². The van der Waals surface area contributed by atoms with Gasteiger partial charge in [0.1, 0.15) is 18.1 Å². The van der Waals surface area contributed by atoms with Crippen LogP contribution in [0.1, 0.15) is 5.56 Å². The van der Waals surface area contributed by atoms with Crippen LogP contribution in [-0.4, -0.2) is 11.1 Å². The lowest BCUT2D eigenvalue weighted by molar-refractivity contribution is 0.262. The number of aromatic hydroxyl groups is 1. The van der Waals surface area contributed by atoms with E-state index in [1.165, 1.54) is 0 Å². The number of rotatable bonds is 5. The van der Waals surface area contributed by atoms with Crippen LogP contribution < -0.4 is 15.4 Å². The average Bonchev–Trinajstić information content (AvgIpc) is 2.63. The summed E-state index contributed by atoms with van der Waals surface area (Å²) in [4.78, 5) is 12.2. The molecule has 0 heterocycles. The molecule has 3 aromatic rings. The van der Waals surface area contributed by atoms with Crippen LogP contribution in [0.2, 0.25) is 0 Å². The molecule has 0 aromatic heterocycles. The van der Waals surface area contributed by atoms with Crippen LogP contribution in [0.15, 0.2) is 77.3 Å². The molecule has 0 spiro atoms. The molecule has 3 aromatic carbocycles. The van der Waals surface area contributed by atoms with Gasteiger partial charge in [-0.05, 0) is 46.3 Å². The summed E-state index contributed by atoms with van der Waals surface area (Å²) < 4.78 is 6.49. The van der Waals surface area contributed by atoms with Gasteiger partial charge in [-0.25, -0.2) is 4.79 Å². The zero-order valence-electron chi connectivity index (χ0n) is 13.8. The first-order chi connectivity index (χ1) is 12.6. The normalized spacial score (nSPS) is 10.2. The summed E-state index contributed by atoms with van der Waals surface area (Å²) >= 11 is 3.39. The third-order valence-corrected chi connectivity index (χ3v) is 4.29. The zero-order chi connectivity index (χ0) is 18.4. The number of urea groups is 1. The molecule has 0 radical (unpaired) electrons. The Morgan fingerprint density at radius 3 is 2.54 bits per heavy atom. The highest BCUT2D eigenvalue weighted by Gasteiger charge is 2.06. The number of anilines is 2. The number of nitrogens with one attached hydrogen (secondary N) is 2. The van der Waals surface area contributed by atoms with Crippen molar-refractivity contribution in [2.75, 3.05) is 10.6 Å². The maximum absolute atomic E-state index is 12.2. The van der Waals surface area contributed by atoms with Gasteiger partial charge in [0.2, 0.25) is 0 Å². The maximum Gasteiger partial charge on any atom is 0.323 e. The van der Waals surface area contributed by atoms with E-state index in [-0.39, 0.29) is 18.4 Å². The highest BCUT2D eigenvalue weighted by Crippen LogP contribution is 2.23. The topological polar surface area (TPSA) is 70.6 Å². The Morgan fingerprint density at radius 1 is 0.962 bits per heavy atom. The molecule has 0 fully saturated rings. The minimum absolute atomic E-state index is 0.189. The minimum Gasteiger partial charge on any atom is -0.508 e. The van der Waals surface area contributed by atoms with E-state index in [9.17, 15) is 9.90 Å². The van der Waals surface area contributed by atoms with E-state index in [4.69, 9.17) is 4.74 Å². The molecular formula is C20H17BrN2O3. The summed E-state index contributed by atoms with van der Waals surface area (Å²) in [6.45, 7) is 0.235. The van der Waals surface area contributed by atoms with E-state index in [1.807, 2.05) is 24.3 Å². The SMILES string of the molecule is O=C(Nc1cccc(OCc2ccccc2O)c1)Nc1ccccc1Br. The number of phenolic OH excluding ortho intramolecular Hbond substituents is 1. The van der Waals surface area contributed by atoms with Crippen molar-refractivity contribution in [3.63, 3.8) is 0 Å². The molecule has 0 atom stereocenters. The Labute approximate surface area is 159 Å². The summed E-state index contributed by atoms with van der Waals surface area (Å²) in [7, 11) is 0. The molecule has 2 amide bonds. The Hall–Kier alpha value is -2.99. The molecule has 0 bridgehead atoms. The van der Waals surface area contributed by atoms with Gasteiger partial charge in [-0.2, -0.15) is 0 Å². The predicted octanol–water partition coefficient (Wildman–Crippen LogP) is 5.38. The van der Waals surface area contributed by atoms with Gasteiger partial charge in [0, 0.05) is 21.8 Å². The Kier molecular flexibility index (Phi) is 5.76. The van der Waals surface area contributed by atoms with Crippen molar-refractivity contribution < 1.29 is 14.6 Å². The number of ether oxygens (including phenoxy) is 1. The zero-order valence-corrected chi connectivity index (χ0v) is 15.4. The number of hydrogen-bond acceptors (Lipinski definition) is 3. The molecule has 5 nitrogen and oxygen atoms in total. The van der Waals surface area contributed by atoms with Crippen molar-refractivity contribution in [3.8, 4) is 11.5 Å². The van der Waals surface area contributed by atoms with Crippen LogP contribution in [0.25, 0.3) is 0 Å². The second kappa shape index (κ2) is 8.40. The highest BCUT2D eigenvalue weighted by atomic mass is 79.9. The van der Waals surface area contributed by atoms with E-state index >= 15 is 0 Å². The molecule has 3 rings (SSSR count). The number of carbonyl (C=O) groups excluding carboxylic acids is 1. The van der Waals surface area contributed by atoms with Crippen LogP contribution in [0.5, 0.6) is 11.5 Å². The lowest BCUT2D eigenvalue weighted by Crippen LogP contribution is -2.19. The number of hydrogen-bond donors (Lipinski definition) is 3. The van der Waals surface area contributed by atoms with Gasteiger partial charge < -0.3 is 20.5 Å². The molecule has 26 heavy (non-hydrogen) atoms. The summed E-state index contributed by atoms with van der Waals surface area (Å²) in [6.07, 6.45) is 0. The molecular weight excluding hydrogens is 396 g/mol. The summed E-state index contributed by atoms with van der Waals surface area (Å²) in [5, 5.41) is 15.3.